The van der Waals surface area contributed by atoms with Crippen LogP contribution in [0.15, 0.2) is 22.6 Å². The molecule has 22 heavy (non-hydrogen) atoms. The minimum atomic E-state index is -0.0621. The first-order valence-electron chi connectivity index (χ1n) is 7.28. The summed E-state index contributed by atoms with van der Waals surface area (Å²) in [6.45, 7) is 1.74. The van der Waals surface area contributed by atoms with Gasteiger partial charge >= 0.3 is 0 Å². The van der Waals surface area contributed by atoms with Gasteiger partial charge in [0.25, 0.3) is 0 Å². The maximum atomic E-state index is 11.8. The second-order valence-corrected chi connectivity index (χ2v) is 6.30. The fraction of sp³-hybridized carbons (Fsp3) is 0.353. The van der Waals surface area contributed by atoms with Crippen molar-refractivity contribution in [3.63, 3.8) is 0 Å². The molecule has 0 N–H and O–H groups in total. The van der Waals surface area contributed by atoms with E-state index < -0.39 is 0 Å². The predicted molar refractivity (Wildman–Crippen MR) is 89.0 cm³/mol. The van der Waals surface area contributed by atoms with E-state index >= 15 is 0 Å². The van der Waals surface area contributed by atoms with E-state index in [4.69, 9.17) is 16.0 Å². The topological polar surface area (TPSA) is 36.7 Å². The molecule has 116 valence electrons. The lowest BCUT2D eigenvalue weighted by atomic mass is 10.0. The summed E-state index contributed by atoms with van der Waals surface area (Å²) < 4.78 is 5.96. The molecule has 0 radical (unpaired) electrons. The molecule has 0 aliphatic carbocycles. The van der Waals surface area contributed by atoms with E-state index in [1.54, 1.807) is 26.2 Å². The van der Waals surface area contributed by atoms with Crippen molar-refractivity contribution >= 4 is 34.6 Å². The van der Waals surface area contributed by atoms with Gasteiger partial charge in [0.1, 0.15) is 11.3 Å². The van der Waals surface area contributed by atoms with Crippen molar-refractivity contribution in [2.45, 2.75) is 13.0 Å². The van der Waals surface area contributed by atoms with Gasteiger partial charge in [0.05, 0.1) is 0 Å². The van der Waals surface area contributed by atoms with E-state index in [0.29, 0.717) is 0 Å². The molecule has 2 aromatic rings. The Labute approximate surface area is 134 Å². The summed E-state index contributed by atoms with van der Waals surface area (Å²) in [4.78, 5) is 15.5. The monoisotopic (exact) mass is 318 g/mol. The minimum absolute atomic E-state index is 0.0621. The largest absolute Gasteiger partial charge is 0.456 e. The van der Waals surface area contributed by atoms with Crippen LogP contribution < -0.4 is 0 Å². The van der Waals surface area contributed by atoms with E-state index in [1.807, 2.05) is 12.1 Å². The zero-order valence-corrected chi connectivity index (χ0v) is 13.8. The van der Waals surface area contributed by atoms with Crippen molar-refractivity contribution in [1.29, 1.82) is 0 Å². The number of benzene rings is 1. The number of rotatable bonds is 2. The first-order valence-corrected chi connectivity index (χ1v) is 7.66. The Morgan fingerprint density at radius 3 is 2.86 bits per heavy atom. The van der Waals surface area contributed by atoms with Crippen LogP contribution in [0.3, 0.4) is 0 Å². The average molecular weight is 319 g/mol. The second-order valence-electron chi connectivity index (χ2n) is 5.90. The highest BCUT2D eigenvalue weighted by Crippen LogP contribution is 2.36. The van der Waals surface area contributed by atoms with E-state index in [1.165, 1.54) is 4.90 Å². The quantitative estimate of drug-likeness (QED) is 0.798. The van der Waals surface area contributed by atoms with E-state index in [2.05, 4.69) is 11.9 Å². The highest BCUT2D eigenvalue weighted by Gasteiger charge is 2.22. The molecular weight excluding hydrogens is 300 g/mol. The zero-order valence-electron chi connectivity index (χ0n) is 13.0. The molecule has 1 aliphatic rings. The van der Waals surface area contributed by atoms with Crippen molar-refractivity contribution in [1.82, 2.24) is 9.80 Å². The molecular formula is C17H19ClN2O2. The van der Waals surface area contributed by atoms with Gasteiger partial charge < -0.3 is 14.2 Å². The number of furan rings is 1. The Balaban J connectivity index is 2.14. The molecule has 0 bridgehead atoms. The van der Waals surface area contributed by atoms with Gasteiger partial charge in [0.15, 0.2) is 0 Å². The molecule has 0 fully saturated rings. The molecule has 0 saturated carbocycles. The lowest BCUT2D eigenvalue weighted by molar-refractivity contribution is -0.123. The van der Waals surface area contributed by atoms with Gasteiger partial charge in [0, 0.05) is 49.2 Å². The smallest absolute Gasteiger partial charge is 0.246 e. The van der Waals surface area contributed by atoms with Crippen molar-refractivity contribution in [2.75, 3.05) is 27.7 Å². The van der Waals surface area contributed by atoms with Crippen LogP contribution >= 0.6 is 11.6 Å². The maximum Gasteiger partial charge on any atom is 0.246 e. The van der Waals surface area contributed by atoms with Crippen LogP contribution in [0.5, 0.6) is 0 Å². The third-order valence-corrected chi connectivity index (χ3v) is 4.38. The molecule has 1 aromatic heterocycles. The first-order chi connectivity index (χ1) is 10.5. The van der Waals surface area contributed by atoms with E-state index in [9.17, 15) is 4.79 Å². The summed E-state index contributed by atoms with van der Waals surface area (Å²) in [5.74, 6) is 0.676. The molecule has 1 aromatic carbocycles. The number of carbonyl (C=O) groups is 1. The van der Waals surface area contributed by atoms with Crippen LogP contribution in [-0.4, -0.2) is 43.4 Å². The fourth-order valence-corrected chi connectivity index (χ4v) is 3.06. The average Bonchev–Trinajstić information content (AvgIpc) is 2.70. The van der Waals surface area contributed by atoms with Crippen LogP contribution in [0.4, 0.5) is 0 Å². The summed E-state index contributed by atoms with van der Waals surface area (Å²) in [7, 11) is 5.54. The van der Waals surface area contributed by atoms with Crippen molar-refractivity contribution < 1.29 is 9.21 Å². The van der Waals surface area contributed by atoms with Gasteiger partial charge in [-0.2, -0.15) is 0 Å². The summed E-state index contributed by atoms with van der Waals surface area (Å²) in [5.41, 5.74) is 3.08. The van der Waals surface area contributed by atoms with E-state index in [-0.39, 0.29) is 5.91 Å². The van der Waals surface area contributed by atoms with Crippen LogP contribution in [0.1, 0.15) is 16.9 Å². The molecule has 1 amide bonds. The number of amides is 1. The Morgan fingerprint density at radius 1 is 1.36 bits per heavy atom. The van der Waals surface area contributed by atoms with Gasteiger partial charge in [-0.1, -0.05) is 11.6 Å². The van der Waals surface area contributed by atoms with Crippen LogP contribution in [-0.2, 0) is 17.8 Å². The lowest BCUT2D eigenvalue weighted by Crippen LogP contribution is -2.19. The number of halogens is 1. The summed E-state index contributed by atoms with van der Waals surface area (Å²) >= 11 is 6.37. The number of likely N-dealkylation sites (N-methyl/N-ethyl adjacent to an activating group) is 2. The van der Waals surface area contributed by atoms with Crippen LogP contribution in [0.25, 0.3) is 17.0 Å². The summed E-state index contributed by atoms with van der Waals surface area (Å²) in [6.07, 6.45) is 4.20. The standard InChI is InChI=1S/C17H19ClN2O2/c1-19(2)16(21)7-6-14-12-10-20(3)9-8-11-13(18)4-5-15(22-14)17(11)12/h4-7H,8-10H2,1-3H3/b7-6+. The molecule has 1 aliphatic heterocycles. The summed E-state index contributed by atoms with van der Waals surface area (Å²) in [5, 5.41) is 1.89. The Morgan fingerprint density at radius 2 is 2.14 bits per heavy atom. The number of nitrogens with zero attached hydrogens (tertiary/aromatic N) is 2. The van der Waals surface area contributed by atoms with Crippen molar-refractivity contribution in [3.05, 3.63) is 40.1 Å². The van der Waals surface area contributed by atoms with Gasteiger partial charge in [-0.05, 0) is 37.2 Å². The molecule has 2 heterocycles. The Bertz CT molecular complexity index is 762. The molecule has 3 rings (SSSR count). The molecule has 0 saturated heterocycles. The summed E-state index contributed by atoms with van der Waals surface area (Å²) in [6, 6.07) is 3.79. The van der Waals surface area contributed by atoms with Gasteiger partial charge in [0.2, 0.25) is 5.91 Å². The molecule has 0 atom stereocenters. The Kier molecular flexibility index (Phi) is 3.98. The van der Waals surface area contributed by atoms with Gasteiger partial charge in [-0.15, -0.1) is 0 Å². The molecule has 0 spiro atoms. The number of hydrogen-bond donors (Lipinski definition) is 0. The van der Waals surface area contributed by atoms with Crippen molar-refractivity contribution in [3.8, 4) is 0 Å². The number of hydrogen-bond acceptors (Lipinski definition) is 3. The lowest BCUT2D eigenvalue weighted by Gasteiger charge is -2.13. The second kappa shape index (κ2) is 5.78. The number of carbonyl (C=O) groups excluding carboxylic acids is 1. The van der Waals surface area contributed by atoms with Gasteiger partial charge in [-0.25, -0.2) is 0 Å². The predicted octanol–water partition coefficient (Wildman–Crippen LogP) is 3.18. The minimum Gasteiger partial charge on any atom is -0.456 e. The maximum absolute atomic E-state index is 11.8. The van der Waals surface area contributed by atoms with E-state index in [0.717, 1.165) is 52.4 Å². The Hall–Kier alpha value is -1.78. The fourth-order valence-electron chi connectivity index (χ4n) is 2.80. The highest BCUT2D eigenvalue weighted by atomic mass is 35.5. The normalized spacial score (nSPS) is 15.5. The SMILES string of the molecule is CN1CCc2c(Cl)ccc3oc(/C=C/C(=O)N(C)C)c(c23)C1. The third kappa shape index (κ3) is 2.64. The first kappa shape index (κ1) is 15.1. The van der Waals surface area contributed by atoms with Crippen molar-refractivity contribution in [2.24, 2.45) is 0 Å². The molecule has 0 unspecified atom stereocenters. The molecule has 5 heteroatoms. The van der Waals surface area contributed by atoms with Crippen LogP contribution in [0, 0.1) is 0 Å². The van der Waals surface area contributed by atoms with Gasteiger partial charge in [-0.3, -0.25) is 4.79 Å². The highest BCUT2D eigenvalue weighted by molar-refractivity contribution is 6.32. The van der Waals surface area contributed by atoms with Crippen LogP contribution in [0.2, 0.25) is 5.02 Å². The molecule has 4 nitrogen and oxygen atoms in total. The zero-order chi connectivity index (χ0) is 15.9. The third-order valence-electron chi connectivity index (χ3n) is 4.03.